The summed E-state index contributed by atoms with van der Waals surface area (Å²) in [7, 11) is -1.80. The highest BCUT2D eigenvalue weighted by atomic mass is 32.2. The molecule has 1 aromatic carbocycles. The molecule has 0 unspecified atom stereocenters. The second-order valence-corrected chi connectivity index (χ2v) is 6.97. The minimum Gasteiger partial charge on any atom is -0.497 e. The molecule has 0 spiro atoms. The Morgan fingerprint density at radius 2 is 1.86 bits per heavy atom. The normalized spacial score (nSPS) is 11.4. The van der Waals surface area contributed by atoms with Gasteiger partial charge >= 0.3 is 0 Å². The zero-order chi connectivity index (χ0) is 15.9. The average molecular weight is 314 g/mol. The Hall–Kier alpha value is -1.60. The number of hydrogen-bond donors (Lipinski definition) is 2. The van der Waals surface area contributed by atoms with E-state index in [1.165, 1.54) is 0 Å². The van der Waals surface area contributed by atoms with Crippen molar-refractivity contribution in [2.24, 2.45) is 5.92 Å². The topological polar surface area (TPSA) is 84.5 Å². The van der Waals surface area contributed by atoms with Gasteiger partial charge in [0.05, 0.1) is 12.9 Å². The number of nitrogens with one attached hydrogen (secondary N) is 2. The van der Waals surface area contributed by atoms with E-state index in [1.807, 2.05) is 13.8 Å². The van der Waals surface area contributed by atoms with E-state index in [0.29, 0.717) is 17.9 Å². The van der Waals surface area contributed by atoms with Crippen molar-refractivity contribution in [2.45, 2.75) is 13.8 Å². The third-order valence-corrected chi connectivity index (χ3v) is 4.07. The van der Waals surface area contributed by atoms with E-state index < -0.39 is 10.0 Å². The summed E-state index contributed by atoms with van der Waals surface area (Å²) in [5, 5.41) is 2.58. The first-order chi connectivity index (χ1) is 9.84. The van der Waals surface area contributed by atoms with Gasteiger partial charge in [-0.15, -0.1) is 0 Å². The summed E-state index contributed by atoms with van der Waals surface area (Å²) < 4.78 is 30.8. The molecule has 1 aromatic rings. The smallest absolute Gasteiger partial charge is 0.251 e. The molecule has 2 N–H and O–H groups in total. The number of benzene rings is 1. The molecular formula is C14H22N2O4S. The van der Waals surface area contributed by atoms with Crippen LogP contribution < -0.4 is 14.8 Å². The predicted molar refractivity (Wildman–Crippen MR) is 82.0 cm³/mol. The molecule has 7 heteroatoms. The van der Waals surface area contributed by atoms with Crippen molar-refractivity contribution < 1.29 is 17.9 Å². The van der Waals surface area contributed by atoms with Crippen LogP contribution in [0.1, 0.15) is 24.2 Å². The zero-order valence-corrected chi connectivity index (χ0v) is 13.4. The highest BCUT2D eigenvalue weighted by Gasteiger charge is 2.12. The van der Waals surface area contributed by atoms with Gasteiger partial charge in [0.25, 0.3) is 5.91 Å². The van der Waals surface area contributed by atoms with E-state index in [-0.39, 0.29) is 24.1 Å². The van der Waals surface area contributed by atoms with Crippen molar-refractivity contribution in [1.29, 1.82) is 0 Å². The fraction of sp³-hybridized carbons (Fsp3) is 0.500. The van der Waals surface area contributed by atoms with E-state index in [1.54, 1.807) is 31.4 Å². The van der Waals surface area contributed by atoms with Gasteiger partial charge in [0, 0.05) is 18.7 Å². The third-order valence-electron chi connectivity index (χ3n) is 2.72. The molecule has 0 fully saturated rings. The summed E-state index contributed by atoms with van der Waals surface area (Å²) in [6.45, 7) is 4.31. The molecule has 6 nitrogen and oxygen atoms in total. The second-order valence-electron chi connectivity index (χ2n) is 5.05. The van der Waals surface area contributed by atoms with Crippen LogP contribution in [0.2, 0.25) is 0 Å². The Morgan fingerprint density at radius 3 is 2.38 bits per heavy atom. The van der Waals surface area contributed by atoms with Crippen molar-refractivity contribution in [3.63, 3.8) is 0 Å². The number of rotatable bonds is 8. The lowest BCUT2D eigenvalue weighted by Crippen LogP contribution is -2.35. The lowest BCUT2D eigenvalue weighted by Gasteiger charge is -2.09. The van der Waals surface area contributed by atoms with Gasteiger partial charge in [-0.25, -0.2) is 13.1 Å². The summed E-state index contributed by atoms with van der Waals surface area (Å²) >= 11 is 0. The van der Waals surface area contributed by atoms with Crippen LogP contribution in [0.4, 0.5) is 0 Å². The quantitative estimate of drug-likeness (QED) is 0.750. The maximum atomic E-state index is 11.8. The van der Waals surface area contributed by atoms with Crippen molar-refractivity contribution in [3.05, 3.63) is 29.8 Å². The monoisotopic (exact) mass is 314 g/mol. The van der Waals surface area contributed by atoms with Gasteiger partial charge in [-0.1, -0.05) is 13.8 Å². The van der Waals surface area contributed by atoms with Crippen molar-refractivity contribution >= 4 is 15.9 Å². The van der Waals surface area contributed by atoms with Gasteiger partial charge in [0.2, 0.25) is 10.0 Å². The Bertz CT molecular complexity index is 553. The van der Waals surface area contributed by atoms with Gasteiger partial charge < -0.3 is 10.1 Å². The molecule has 0 aliphatic heterocycles. The van der Waals surface area contributed by atoms with Gasteiger partial charge in [0.1, 0.15) is 5.75 Å². The largest absolute Gasteiger partial charge is 0.497 e. The van der Waals surface area contributed by atoms with Crippen LogP contribution >= 0.6 is 0 Å². The Kier molecular flexibility index (Phi) is 6.64. The molecule has 0 bridgehead atoms. The highest BCUT2D eigenvalue weighted by molar-refractivity contribution is 7.89. The Labute approximate surface area is 125 Å². The van der Waals surface area contributed by atoms with Crippen LogP contribution in [0.5, 0.6) is 5.75 Å². The number of sulfonamides is 1. The number of methoxy groups -OCH3 is 1. The summed E-state index contributed by atoms with van der Waals surface area (Å²) in [4.78, 5) is 11.8. The van der Waals surface area contributed by atoms with Gasteiger partial charge in [-0.05, 0) is 30.2 Å². The third kappa shape index (κ3) is 6.59. The number of carbonyl (C=O) groups excluding carboxylic acids is 1. The molecule has 0 saturated carbocycles. The minimum absolute atomic E-state index is 0.0677. The highest BCUT2D eigenvalue weighted by Crippen LogP contribution is 2.10. The Balaban J connectivity index is 2.42. The molecule has 0 atom stereocenters. The van der Waals surface area contributed by atoms with Gasteiger partial charge in [0.15, 0.2) is 0 Å². The number of carbonyl (C=O) groups is 1. The van der Waals surface area contributed by atoms with E-state index in [4.69, 9.17) is 4.74 Å². The first kappa shape index (κ1) is 17.5. The molecule has 0 heterocycles. The molecule has 0 saturated heterocycles. The number of amides is 1. The van der Waals surface area contributed by atoms with Crippen LogP contribution in [0, 0.1) is 5.92 Å². The molecule has 0 aromatic heterocycles. The van der Waals surface area contributed by atoms with Gasteiger partial charge in [-0.2, -0.15) is 0 Å². The Morgan fingerprint density at radius 1 is 1.24 bits per heavy atom. The molecule has 118 valence electrons. The van der Waals surface area contributed by atoms with Crippen LogP contribution in [-0.4, -0.2) is 40.3 Å². The standard InChI is InChI=1S/C14H22N2O4S/c1-11(2)10-16-21(18,19)9-8-15-14(17)12-4-6-13(20-3)7-5-12/h4-7,11,16H,8-10H2,1-3H3,(H,15,17). The number of ether oxygens (including phenoxy) is 1. The molecule has 1 amide bonds. The fourth-order valence-corrected chi connectivity index (χ4v) is 2.61. The molecule has 0 radical (unpaired) electrons. The van der Waals surface area contributed by atoms with E-state index >= 15 is 0 Å². The van der Waals surface area contributed by atoms with E-state index in [2.05, 4.69) is 10.0 Å². The molecule has 0 aliphatic rings. The average Bonchev–Trinajstić information content (AvgIpc) is 2.45. The summed E-state index contributed by atoms with van der Waals surface area (Å²) in [6.07, 6.45) is 0. The SMILES string of the molecule is COc1ccc(C(=O)NCCS(=O)(=O)NCC(C)C)cc1. The lowest BCUT2D eigenvalue weighted by molar-refractivity contribution is 0.0956. The van der Waals surface area contributed by atoms with Crippen LogP contribution in [0.15, 0.2) is 24.3 Å². The van der Waals surface area contributed by atoms with Crippen molar-refractivity contribution in [2.75, 3.05) is 26.0 Å². The summed E-state index contributed by atoms with van der Waals surface area (Å²) in [6, 6.07) is 6.60. The van der Waals surface area contributed by atoms with Crippen LogP contribution in [0.25, 0.3) is 0 Å². The molecule has 1 rings (SSSR count). The fourth-order valence-electron chi connectivity index (χ4n) is 1.51. The lowest BCUT2D eigenvalue weighted by atomic mass is 10.2. The van der Waals surface area contributed by atoms with Crippen molar-refractivity contribution in [3.8, 4) is 5.75 Å². The summed E-state index contributed by atoms with van der Waals surface area (Å²) in [5.41, 5.74) is 0.461. The maximum absolute atomic E-state index is 11.8. The second kappa shape index (κ2) is 7.99. The maximum Gasteiger partial charge on any atom is 0.251 e. The van der Waals surface area contributed by atoms with Crippen LogP contribution in [-0.2, 0) is 10.0 Å². The first-order valence-electron chi connectivity index (χ1n) is 6.73. The predicted octanol–water partition coefficient (Wildman–Crippen LogP) is 1.00. The molecule has 0 aliphatic carbocycles. The van der Waals surface area contributed by atoms with E-state index in [0.717, 1.165) is 0 Å². The van der Waals surface area contributed by atoms with E-state index in [9.17, 15) is 13.2 Å². The zero-order valence-electron chi connectivity index (χ0n) is 12.5. The molecule has 21 heavy (non-hydrogen) atoms. The minimum atomic E-state index is -3.35. The van der Waals surface area contributed by atoms with Gasteiger partial charge in [-0.3, -0.25) is 4.79 Å². The van der Waals surface area contributed by atoms with Crippen LogP contribution in [0.3, 0.4) is 0 Å². The van der Waals surface area contributed by atoms with Crippen molar-refractivity contribution in [1.82, 2.24) is 10.0 Å². The molecular weight excluding hydrogens is 292 g/mol. The first-order valence-corrected chi connectivity index (χ1v) is 8.39. The number of hydrogen-bond acceptors (Lipinski definition) is 4. The summed E-state index contributed by atoms with van der Waals surface area (Å²) in [5.74, 6) is 0.458.